The van der Waals surface area contributed by atoms with Crippen molar-refractivity contribution in [2.75, 3.05) is 18.4 Å². The summed E-state index contributed by atoms with van der Waals surface area (Å²) in [4.78, 5) is 23.1. The molecule has 0 aliphatic carbocycles. The quantitative estimate of drug-likeness (QED) is 0.389. The number of hydrogen-bond acceptors (Lipinski definition) is 8. The lowest BCUT2D eigenvalue weighted by Gasteiger charge is -2.32. The minimum Gasteiger partial charge on any atom is -0.453 e. The molecule has 0 unspecified atom stereocenters. The second kappa shape index (κ2) is 10.2. The number of carbonyl (C=O) groups is 1. The molecule has 0 bridgehead atoms. The van der Waals surface area contributed by atoms with Crippen LogP contribution in [-0.4, -0.2) is 44.0 Å². The Balaban J connectivity index is 1.40. The number of pyridine rings is 1. The van der Waals surface area contributed by atoms with Gasteiger partial charge >= 0.3 is 6.09 Å². The van der Waals surface area contributed by atoms with Crippen LogP contribution < -0.4 is 10.1 Å². The van der Waals surface area contributed by atoms with Crippen LogP contribution >= 0.6 is 27.5 Å². The van der Waals surface area contributed by atoms with Gasteiger partial charge in [-0.15, -0.1) is 0 Å². The minimum absolute atomic E-state index is 0.165. The maximum absolute atomic E-state index is 13.2. The Labute approximate surface area is 209 Å². The lowest BCUT2D eigenvalue weighted by Crippen LogP contribution is -2.41. The van der Waals surface area contributed by atoms with Gasteiger partial charge in [-0.25, -0.2) is 19.2 Å². The Hall–Kier alpha value is -2.79. The Kier molecular flexibility index (Phi) is 7.32. The van der Waals surface area contributed by atoms with Gasteiger partial charge in [0.25, 0.3) is 0 Å². The number of aromatic nitrogens is 3. The molecule has 1 N–H and O–H groups in total. The van der Waals surface area contributed by atoms with Crippen LogP contribution in [0.2, 0.25) is 0 Å². The summed E-state index contributed by atoms with van der Waals surface area (Å²) in [6.07, 6.45) is 2.90. The third kappa shape index (κ3) is 6.41. The molecule has 0 radical (unpaired) electrons. The van der Waals surface area contributed by atoms with Crippen molar-refractivity contribution in [3.05, 3.63) is 52.6 Å². The second-order valence-corrected chi connectivity index (χ2v) is 10.5. The molecule has 8 nitrogen and oxygen atoms in total. The number of piperidine rings is 1. The van der Waals surface area contributed by atoms with E-state index in [4.69, 9.17) is 9.47 Å². The molecule has 3 aromatic rings. The van der Waals surface area contributed by atoms with Crippen molar-refractivity contribution in [3.8, 4) is 11.5 Å². The van der Waals surface area contributed by atoms with E-state index in [1.54, 1.807) is 29.3 Å². The van der Waals surface area contributed by atoms with E-state index >= 15 is 0 Å². The van der Waals surface area contributed by atoms with Crippen molar-refractivity contribution >= 4 is 44.5 Å². The van der Waals surface area contributed by atoms with Crippen LogP contribution in [0.25, 0.3) is 0 Å². The molecule has 1 saturated heterocycles. The summed E-state index contributed by atoms with van der Waals surface area (Å²) >= 11 is 4.64. The number of benzene rings is 1. The van der Waals surface area contributed by atoms with E-state index in [0.29, 0.717) is 35.5 Å². The Bertz CT molecular complexity index is 1140. The molecular formula is C23H25BrFN5O3S. The zero-order valence-electron chi connectivity index (χ0n) is 19.0. The predicted octanol–water partition coefficient (Wildman–Crippen LogP) is 6.49. The number of nitrogens with zero attached hydrogens (tertiary/aromatic N) is 4. The highest BCUT2D eigenvalue weighted by molar-refractivity contribution is 9.10. The molecule has 1 aromatic carbocycles. The number of amides is 1. The first-order valence-corrected chi connectivity index (χ1v) is 12.4. The molecule has 0 atom stereocenters. The average Bonchev–Trinajstić information content (AvgIpc) is 3.25. The topological polar surface area (TPSA) is 89.5 Å². The van der Waals surface area contributed by atoms with Crippen LogP contribution in [0.1, 0.15) is 45.4 Å². The van der Waals surface area contributed by atoms with Crippen LogP contribution in [0.3, 0.4) is 0 Å². The van der Waals surface area contributed by atoms with Gasteiger partial charge in [0.1, 0.15) is 23.0 Å². The standard InChI is InChI=1S/C23H25BrFN5O3S/c1-23(2,3)33-22(31)30-10-8-14(9-11-30)19-27-21(34-29-19)28-20-18(12-15(24)13-26-20)32-17-6-4-16(25)5-7-17/h4-7,12-14H,8-11H2,1-3H3,(H,26,27,28,29). The fourth-order valence-electron chi connectivity index (χ4n) is 3.42. The summed E-state index contributed by atoms with van der Waals surface area (Å²) < 4.78 is 29.8. The van der Waals surface area contributed by atoms with Gasteiger partial charge in [0, 0.05) is 47.3 Å². The third-order valence-electron chi connectivity index (χ3n) is 5.04. The van der Waals surface area contributed by atoms with Gasteiger partial charge in [-0.2, -0.15) is 4.37 Å². The van der Waals surface area contributed by atoms with Gasteiger partial charge < -0.3 is 19.7 Å². The van der Waals surface area contributed by atoms with E-state index in [1.807, 2.05) is 20.8 Å². The van der Waals surface area contributed by atoms with Gasteiger partial charge in [-0.1, -0.05) is 0 Å². The molecular weight excluding hydrogens is 525 g/mol. The molecule has 11 heteroatoms. The first-order valence-electron chi connectivity index (χ1n) is 10.8. The van der Waals surface area contributed by atoms with E-state index in [1.165, 1.54) is 23.7 Å². The van der Waals surface area contributed by atoms with Gasteiger partial charge in [-0.05, 0) is 73.8 Å². The molecule has 3 heterocycles. The normalized spacial score (nSPS) is 14.7. The second-order valence-electron chi connectivity index (χ2n) is 8.88. The van der Waals surface area contributed by atoms with Crippen LogP contribution in [-0.2, 0) is 4.74 Å². The van der Waals surface area contributed by atoms with Crippen LogP contribution in [0, 0.1) is 5.82 Å². The monoisotopic (exact) mass is 549 g/mol. The number of rotatable bonds is 5. The van der Waals surface area contributed by atoms with E-state index in [-0.39, 0.29) is 17.8 Å². The number of anilines is 2. The van der Waals surface area contributed by atoms with E-state index in [2.05, 4.69) is 35.6 Å². The highest BCUT2D eigenvalue weighted by atomic mass is 79.9. The van der Waals surface area contributed by atoms with Gasteiger partial charge in [-0.3, -0.25) is 0 Å². The third-order valence-corrected chi connectivity index (χ3v) is 6.12. The first-order chi connectivity index (χ1) is 16.2. The van der Waals surface area contributed by atoms with Crippen LogP contribution in [0.15, 0.2) is 41.0 Å². The fraction of sp³-hybridized carbons (Fsp3) is 0.391. The summed E-state index contributed by atoms with van der Waals surface area (Å²) in [5.74, 6) is 1.99. The molecule has 4 rings (SSSR count). The van der Waals surface area contributed by atoms with E-state index in [9.17, 15) is 9.18 Å². The molecule has 0 spiro atoms. The molecule has 1 aliphatic heterocycles. The van der Waals surface area contributed by atoms with Crippen molar-refractivity contribution in [1.82, 2.24) is 19.2 Å². The summed E-state index contributed by atoms with van der Waals surface area (Å²) in [5.41, 5.74) is -0.509. The Morgan fingerprint density at radius 2 is 1.94 bits per heavy atom. The summed E-state index contributed by atoms with van der Waals surface area (Å²) in [6, 6.07) is 7.53. The van der Waals surface area contributed by atoms with Crippen LogP contribution in [0.5, 0.6) is 11.5 Å². The minimum atomic E-state index is -0.509. The number of ether oxygens (including phenoxy) is 2. The predicted molar refractivity (Wildman–Crippen MR) is 131 cm³/mol. The maximum atomic E-state index is 13.2. The number of nitrogens with one attached hydrogen (secondary N) is 1. The molecule has 1 aliphatic rings. The van der Waals surface area contributed by atoms with Crippen molar-refractivity contribution in [1.29, 1.82) is 0 Å². The fourth-order valence-corrected chi connectivity index (χ4v) is 4.38. The zero-order valence-corrected chi connectivity index (χ0v) is 21.5. The number of hydrogen-bond donors (Lipinski definition) is 1. The summed E-state index contributed by atoms with van der Waals surface area (Å²) in [5, 5.41) is 3.76. The molecule has 0 saturated carbocycles. The summed E-state index contributed by atoms with van der Waals surface area (Å²) in [6.45, 7) is 6.79. The Morgan fingerprint density at radius 1 is 1.24 bits per heavy atom. The average molecular weight is 550 g/mol. The molecule has 180 valence electrons. The van der Waals surface area contributed by atoms with Crippen molar-refractivity contribution in [2.45, 2.75) is 45.1 Å². The number of likely N-dealkylation sites (tertiary alicyclic amines) is 1. The number of halogens is 2. The van der Waals surface area contributed by atoms with Crippen molar-refractivity contribution in [3.63, 3.8) is 0 Å². The summed E-state index contributed by atoms with van der Waals surface area (Å²) in [7, 11) is 0. The SMILES string of the molecule is CC(C)(C)OC(=O)N1CCC(c2nsc(Nc3ncc(Br)cc3Oc3ccc(F)cc3)n2)CC1. The van der Waals surface area contributed by atoms with Gasteiger partial charge in [0.15, 0.2) is 11.6 Å². The molecule has 2 aromatic heterocycles. The smallest absolute Gasteiger partial charge is 0.410 e. The van der Waals surface area contributed by atoms with Crippen molar-refractivity contribution in [2.24, 2.45) is 0 Å². The number of carbonyl (C=O) groups excluding carboxylic acids is 1. The lowest BCUT2D eigenvalue weighted by atomic mass is 9.96. The Morgan fingerprint density at radius 3 is 2.62 bits per heavy atom. The lowest BCUT2D eigenvalue weighted by molar-refractivity contribution is 0.0203. The molecule has 1 fully saturated rings. The maximum Gasteiger partial charge on any atom is 0.410 e. The molecule has 1 amide bonds. The molecule has 34 heavy (non-hydrogen) atoms. The van der Waals surface area contributed by atoms with Crippen LogP contribution in [0.4, 0.5) is 20.1 Å². The highest BCUT2D eigenvalue weighted by Gasteiger charge is 2.29. The van der Waals surface area contributed by atoms with Gasteiger partial charge in [0.05, 0.1) is 0 Å². The highest BCUT2D eigenvalue weighted by Crippen LogP contribution is 2.34. The van der Waals surface area contributed by atoms with E-state index in [0.717, 1.165) is 23.1 Å². The largest absolute Gasteiger partial charge is 0.453 e. The zero-order chi connectivity index (χ0) is 24.3. The first kappa shape index (κ1) is 24.3. The van der Waals surface area contributed by atoms with Crippen molar-refractivity contribution < 1.29 is 18.7 Å². The van der Waals surface area contributed by atoms with Gasteiger partial charge in [0.2, 0.25) is 5.13 Å². The van der Waals surface area contributed by atoms with E-state index < -0.39 is 5.60 Å².